The number of hydrogen-bond acceptors (Lipinski definition) is 5. The van der Waals surface area contributed by atoms with Crippen molar-refractivity contribution in [3.8, 4) is 6.07 Å². The van der Waals surface area contributed by atoms with Crippen LogP contribution >= 0.6 is 11.8 Å². The van der Waals surface area contributed by atoms with Crippen molar-refractivity contribution in [1.82, 2.24) is 9.55 Å². The molecule has 0 atom stereocenters. The second kappa shape index (κ2) is 7.20. The standard InChI is InChI=1S/C18H14N4O2S/c1-22-17(24)13-7-3-5-9-15(13)21-18(22)25-11-16(23)20-14-8-4-2-6-12(14)10-19/h2-9H,11H2,1H3,(H,20,23). The van der Waals surface area contributed by atoms with Crippen molar-refractivity contribution in [3.63, 3.8) is 0 Å². The lowest BCUT2D eigenvalue weighted by Crippen LogP contribution is -2.21. The monoisotopic (exact) mass is 350 g/mol. The van der Waals surface area contributed by atoms with Gasteiger partial charge in [0.1, 0.15) is 6.07 Å². The topological polar surface area (TPSA) is 87.8 Å². The van der Waals surface area contributed by atoms with Crippen LogP contribution in [0.3, 0.4) is 0 Å². The van der Waals surface area contributed by atoms with Crippen LogP contribution in [0.15, 0.2) is 58.5 Å². The zero-order valence-corrected chi connectivity index (χ0v) is 14.2. The minimum absolute atomic E-state index is 0.0817. The SMILES string of the molecule is Cn1c(SCC(=O)Nc2ccccc2C#N)nc2ccccc2c1=O. The number of rotatable bonds is 4. The number of carbonyl (C=O) groups is 1. The van der Waals surface area contributed by atoms with Gasteiger partial charge in [0.2, 0.25) is 5.91 Å². The van der Waals surface area contributed by atoms with E-state index in [0.717, 1.165) is 0 Å². The molecule has 1 N–H and O–H groups in total. The average molecular weight is 350 g/mol. The molecule has 3 rings (SSSR count). The number of nitriles is 1. The minimum atomic E-state index is -0.268. The van der Waals surface area contributed by atoms with Crippen molar-refractivity contribution in [2.24, 2.45) is 7.05 Å². The van der Waals surface area contributed by atoms with E-state index in [4.69, 9.17) is 5.26 Å². The van der Waals surface area contributed by atoms with Gasteiger partial charge in [0, 0.05) is 7.05 Å². The number of amides is 1. The fourth-order valence-electron chi connectivity index (χ4n) is 2.33. The summed E-state index contributed by atoms with van der Waals surface area (Å²) in [6.45, 7) is 0. The Bertz CT molecular complexity index is 1050. The summed E-state index contributed by atoms with van der Waals surface area (Å²) in [4.78, 5) is 28.9. The Morgan fingerprint density at radius 1 is 1.24 bits per heavy atom. The Morgan fingerprint density at radius 3 is 2.76 bits per heavy atom. The summed E-state index contributed by atoms with van der Waals surface area (Å²) in [5.74, 6) is -0.187. The number of para-hydroxylation sites is 2. The molecule has 1 amide bonds. The van der Waals surface area contributed by atoms with E-state index in [-0.39, 0.29) is 17.2 Å². The molecule has 3 aromatic rings. The molecule has 1 aromatic heterocycles. The van der Waals surface area contributed by atoms with Crippen molar-refractivity contribution >= 4 is 34.3 Å². The lowest BCUT2D eigenvalue weighted by atomic mass is 10.2. The summed E-state index contributed by atoms with van der Waals surface area (Å²) in [6.07, 6.45) is 0. The van der Waals surface area contributed by atoms with Gasteiger partial charge in [0.25, 0.3) is 5.56 Å². The van der Waals surface area contributed by atoms with Crippen LogP contribution in [-0.4, -0.2) is 21.2 Å². The number of benzene rings is 2. The molecule has 124 valence electrons. The number of fused-ring (bicyclic) bond motifs is 1. The summed E-state index contributed by atoms with van der Waals surface area (Å²) in [5.41, 5.74) is 1.32. The smallest absolute Gasteiger partial charge is 0.261 e. The third-order valence-corrected chi connectivity index (χ3v) is 4.63. The Labute approximate surface area is 148 Å². The Balaban J connectivity index is 1.77. The normalized spacial score (nSPS) is 10.4. The van der Waals surface area contributed by atoms with E-state index in [1.807, 2.05) is 12.1 Å². The average Bonchev–Trinajstić information content (AvgIpc) is 2.64. The molecule has 7 heteroatoms. The predicted octanol–water partition coefficient (Wildman–Crippen LogP) is 2.54. The van der Waals surface area contributed by atoms with Gasteiger partial charge >= 0.3 is 0 Å². The Hall–Kier alpha value is -3.11. The number of nitrogens with zero attached hydrogens (tertiary/aromatic N) is 3. The maximum atomic E-state index is 12.3. The Morgan fingerprint density at radius 2 is 1.96 bits per heavy atom. The summed E-state index contributed by atoms with van der Waals surface area (Å²) in [7, 11) is 1.63. The fraction of sp³-hybridized carbons (Fsp3) is 0.111. The maximum Gasteiger partial charge on any atom is 0.261 e. The molecule has 0 aliphatic heterocycles. The van der Waals surface area contributed by atoms with Crippen LogP contribution in [0.1, 0.15) is 5.56 Å². The van der Waals surface area contributed by atoms with Crippen LogP contribution in [0.4, 0.5) is 5.69 Å². The number of hydrogen-bond donors (Lipinski definition) is 1. The highest BCUT2D eigenvalue weighted by molar-refractivity contribution is 7.99. The summed E-state index contributed by atoms with van der Waals surface area (Å²) in [6, 6.07) is 15.9. The van der Waals surface area contributed by atoms with Gasteiger partial charge in [-0.25, -0.2) is 4.98 Å². The van der Waals surface area contributed by atoms with Crippen LogP contribution < -0.4 is 10.9 Å². The van der Waals surface area contributed by atoms with Gasteiger partial charge in [-0.3, -0.25) is 14.2 Å². The number of aromatic nitrogens is 2. The summed E-state index contributed by atoms with van der Waals surface area (Å²) < 4.78 is 1.43. The molecular weight excluding hydrogens is 336 g/mol. The van der Waals surface area contributed by atoms with Crippen molar-refractivity contribution in [1.29, 1.82) is 5.26 Å². The highest BCUT2D eigenvalue weighted by atomic mass is 32.2. The predicted molar refractivity (Wildman–Crippen MR) is 97.5 cm³/mol. The Kier molecular flexibility index (Phi) is 4.82. The van der Waals surface area contributed by atoms with E-state index in [1.165, 1.54) is 16.3 Å². The first-order valence-corrected chi connectivity index (χ1v) is 8.46. The molecule has 0 unspecified atom stereocenters. The van der Waals surface area contributed by atoms with Crippen molar-refractivity contribution in [2.45, 2.75) is 5.16 Å². The van der Waals surface area contributed by atoms with Crippen molar-refractivity contribution < 1.29 is 4.79 Å². The fourth-order valence-corrected chi connectivity index (χ4v) is 3.10. The number of carbonyl (C=O) groups excluding carboxylic acids is 1. The quantitative estimate of drug-likeness (QED) is 0.577. The molecule has 1 heterocycles. The number of nitrogens with one attached hydrogen (secondary N) is 1. The van der Waals surface area contributed by atoms with Crippen molar-refractivity contribution in [2.75, 3.05) is 11.1 Å². The minimum Gasteiger partial charge on any atom is -0.324 e. The van der Waals surface area contributed by atoms with Gasteiger partial charge in [0.15, 0.2) is 5.16 Å². The zero-order chi connectivity index (χ0) is 17.8. The molecule has 0 saturated heterocycles. The largest absolute Gasteiger partial charge is 0.324 e. The third-order valence-electron chi connectivity index (χ3n) is 3.60. The van der Waals surface area contributed by atoms with Crippen molar-refractivity contribution in [3.05, 3.63) is 64.4 Å². The molecule has 25 heavy (non-hydrogen) atoms. The van der Waals surface area contributed by atoms with Crippen LogP contribution in [-0.2, 0) is 11.8 Å². The molecule has 0 aliphatic rings. The summed E-state index contributed by atoms with van der Waals surface area (Å²) in [5, 5.41) is 12.8. The molecule has 0 bridgehead atoms. The second-order valence-electron chi connectivity index (χ2n) is 5.27. The van der Waals surface area contributed by atoms with E-state index in [2.05, 4.69) is 10.3 Å². The first-order valence-electron chi connectivity index (χ1n) is 7.47. The van der Waals surface area contributed by atoms with Crippen LogP contribution in [0.25, 0.3) is 10.9 Å². The molecule has 2 aromatic carbocycles. The van der Waals surface area contributed by atoms with Gasteiger partial charge in [0.05, 0.1) is 27.9 Å². The highest BCUT2D eigenvalue weighted by Crippen LogP contribution is 2.18. The van der Waals surface area contributed by atoms with E-state index in [9.17, 15) is 9.59 Å². The molecule has 0 radical (unpaired) electrons. The molecule has 0 aliphatic carbocycles. The van der Waals surface area contributed by atoms with E-state index >= 15 is 0 Å². The maximum absolute atomic E-state index is 12.3. The van der Waals surface area contributed by atoms with E-state index < -0.39 is 0 Å². The number of thioether (sulfide) groups is 1. The first kappa shape index (κ1) is 16.7. The van der Waals surface area contributed by atoms with Crippen LogP contribution in [0.5, 0.6) is 0 Å². The van der Waals surface area contributed by atoms with Gasteiger partial charge in [-0.1, -0.05) is 36.0 Å². The van der Waals surface area contributed by atoms with E-state index in [1.54, 1.807) is 49.5 Å². The van der Waals surface area contributed by atoms with Gasteiger partial charge in [-0.15, -0.1) is 0 Å². The van der Waals surface area contributed by atoms with Crippen LogP contribution in [0.2, 0.25) is 0 Å². The van der Waals surface area contributed by atoms with Gasteiger partial charge in [-0.2, -0.15) is 5.26 Å². The lowest BCUT2D eigenvalue weighted by molar-refractivity contribution is -0.113. The zero-order valence-electron chi connectivity index (χ0n) is 13.4. The molecule has 6 nitrogen and oxygen atoms in total. The molecule has 0 spiro atoms. The molecule has 0 saturated carbocycles. The highest BCUT2D eigenvalue weighted by Gasteiger charge is 2.11. The van der Waals surface area contributed by atoms with E-state index in [0.29, 0.717) is 27.3 Å². The molecule has 0 fully saturated rings. The molecular formula is C18H14N4O2S. The number of anilines is 1. The van der Waals surface area contributed by atoms with Crippen LogP contribution in [0, 0.1) is 11.3 Å². The second-order valence-corrected chi connectivity index (χ2v) is 6.21. The third kappa shape index (κ3) is 3.54. The van der Waals surface area contributed by atoms with Gasteiger partial charge in [-0.05, 0) is 24.3 Å². The summed E-state index contributed by atoms with van der Waals surface area (Å²) >= 11 is 1.17. The van der Waals surface area contributed by atoms with Gasteiger partial charge < -0.3 is 5.32 Å². The first-order chi connectivity index (χ1) is 12.1. The lowest BCUT2D eigenvalue weighted by Gasteiger charge is -2.09.